The van der Waals surface area contributed by atoms with Crippen LogP contribution < -0.4 is 25.6 Å². The molecule has 1 unspecified atom stereocenters. The molecule has 0 radical (unpaired) electrons. The van der Waals surface area contributed by atoms with Crippen LogP contribution in [0.1, 0.15) is 36.7 Å². The normalized spacial score (nSPS) is 11.2. The third kappa shape index (κ3) is 6.53. The number of hydrogen-bond acceptors (Lipinski definition) is 5. The van der Waals surface area contributed by atoms with Crippen LogP contribution in [0.3, 0.4) is 0 Å². The molecule has 3 N–H and O–H groups in total. The summed E-state index contributed by atoms with van der Waals surface area (Å²) < 4.78 is 10.9. The summed E-state index contributed by atoms with van der Waals surface area (Å²) in [7, 11) is 0. The molecule has 3 amide bonds. The Morgan fingerprint density at radius 1 is 1.00 bits per heavy atom. The summed E-state index contributed by atoms with van der Waals surface area (Å²) in [4.78, 5) is 35.7. The van der Waals surface area contributed by atoms with Gasteiger partial charge in [-0.05, 0) is 62.7 Å². The lowest BCUT2D eigenvalue weighted by Crippen LogP contribution is -2.47. The number of anilines is 1. The van der Waals surface area contributed by atoms with Crippen molar-refractivity contribution >= 4 is 23.4 Å². The molecule has 0 saturated carbocycles. The zero-order valence-electron chi connectivity index (χ0n) is 16.9. The molecule has 8 heteroatoms. The second kappa shape index (κ2) is 10.1. The third-order valence-electron chi connectivity index (χ3n) is 3.93. The second-order valence-corrected chi connectivity index (χ2v) is 6.32. The molecule has 0 bridgehead atoms. The summed E-state index contributed by atoms with van der Waals surface area (Å²) in [6.45, 7) is 7.22. The third-order valence-corrected chi connectivity index (χ3v) is 3.93. The first kappa shape index (κ1) is 21.7. The van der Waals surface area contributed by atoms with Gasteiger partial charge >= 0.3 is 0 Å². The molecule has 0 aliphatic rings. The molecule has 154 valence electrons. The number of nitrogens with one attached hydrogen (secondary N) is 3. The van der Waals surface area contributed by atoms with Crippen molar-refractivity contribution in [2.45, 2.75) is 33.8 Å². The highest BCUT2D eigenvalue weighted by Gasteiger charge is 2.16. The molecular formula is C21H25N3O5. The van der Waals surface area contributed by atoms with Gasteiger partial charge in [0.15, 0.2) is 6.10 Å². The predicted molar refractivity (Wildman–Crippen MR) is 109 cm³/mol. The monoisotopic (exact) mass is 399 g/mol. The van der Waals surface area contributed by atoms with Gasteiger partial charge in [-0.25, -0.2) is 0 Å². The number of amides is 3. The molecule has 0 fully saturated rings. The molecule has 0 aliphatic heterocycles. The molecule has 2 rings (SSSR count). The van der Waals surface area contributed by atoms with Gasteiger partial charge in [-0.2, -0.15) is 0 Å². The highest BCUT2D eigenvalue weighted by molar-refractivity contribution is 5.98. The average molecular weight is 399 g/mol. The van der Waals surface area contributed by atoms with Gasteiger partial charge in [0.05, 0.1) is 6.61 Å². The molecule has 29 heavy (non-hydrogen) atoms. The first-order chi connectivity index (χ1) is 13.8. The lowest BCUT2D eigenvalue weighted by atomic mass is 10.1. The van der Waals surface area contributed by atoms with E-state index >= 15 is 0 Å². The largest absolute Gasteiger partial charge is 0.494 e. The van der Waals surface area contributed by atoms with Crippen molar-refractivity contribution in [3.8, 4) is 11.5 Å². The number of carbonyl (C=O) groups excluding carboxylic acids is 3. The van der Waals surface area contributed by atoms with Crippen LogP contribution in [0.5, 0.6) is 11.5 Å². The van der Waals surface area contributed by atoms with Crippen molar-refractivity contribution < 1.29 is 23.9 Å². The van der Waals surface area contributed by atoms with Crippen molar-refractivity contribution in [3.05, 3.63) is 53.6 Å². The number of ether oxygens (including phenoxy) is 2. The highest BCUT2D eigenvalue weighted by Crippen LogP contribution is 2.19. The zero-order chi connectivity index (χ0) is 21.4. The molecule has 0 saturated heterocycles. The van der Waals surface area contributed by atoms with Gasteiger partial charge in [0.1, 0.15) is 11.5 Å². The summed E-state index contributed by atoms with van der Waals surface area (Å²) >= 11 is 0. The smallest absolute Gasteiger partial charge is 0.279 e. The summed E-state index contributed by atoms with van der Waals surface area (Å²) in [5.41, 5.74) is 6.31. The van der Waals surface area contributed by atoms with E-state index in [1.165, 1.54) is 13.0 Å². The van der Waals surface area contributed by atoms with Crippen LogP contribution in [0.2, 0.25) is 0 Å². The van der Waals surface area contributed by atoms with E-state index in [9.17, 15) is 14.4 Å². The van der Waals surface area contributed by atoms with Crippen LogP contribution >= 0.6 is 0 Å². The maximum atomic E-state index is 12.3. The Bertz CT molecular complexity index is 880. The van der Waals surface area contributed by atoms with E-state index in [0.717, 1.165) is 5.56 Å². The van der Waals surface area contributed by atoms with E-state index < -0.39 is 17.9 Å². The van der Waals surface area contributed by atoms with Crippen LogP contribution in [0.25, 0.3) is 0 Å². The second-order valence-electron chi connectivity index (χ2n) is 6.32. The van der Waals surface area contributed by atoms with Crippen LogP contribution in [0.4, 0.5) is 5.69 Å². The van der Waals surface area contributed by atoms with Gasteiger partial charge in [-0.3, -0.25) is 25.2 Å². The standard InChI is InChI=1S/C21H25N3O5/c1-5-28-17-8-10-18(11-9-17)29-14(3)20(26)23-24-21(27)16-7-6-13(2)19(12-16)22-15(4)25/h6-12,14H,5H2,1-4H3,(H,22,25)(H,23,26)(H,24,27). The fourth-order valence-corrected chi connectivity index (χ4v) is 2.42. The summed E-state index contributed by atoms with van der Waals surface area (Å²) in [5.74, 6) is -0.0549. The number of benzene rings is 2. The van der Waals surface area contributed by atoms with Crippen LogP contribution in [0, 0.1) is 6.92 Å². The Balaban J connectivity index is 1.90. The van der Waals surface area contributed by atoms with Crippen LogP contribution in [0.15, 0.2) is 42.5 Å². The minimum Gasteiger partial charge on any atom is -0.494 e. The molecule has 0 spiro atoms. The molecular weight excluding hydrogens is 374 g/mol. The van der Waals surface area contributed by atoms with Crippen molar-refractivity contribution in [1.82, 2.24) is 10.9 Å². The van der Waals surface area contributed by atoms with Crippen LogP contribution in [-0.2, 0) is 9.59 Å². The Morgan fingerprint density at radius 3 is 2.28 bits per heavy atom. The maximum Gasteiger partial charge on any atom is 0.279 e. The van der Waals surface area contributed by atoms with E-state index in [0.29, 0.717) is 29.4 Å². The topological polar surface area (TPSA) is 106 Å². The minimum absolute atomic E-state index is 0.237. The van der Waals surface area contributed by atoms with Crippen LogP contribution in [-0.4, -0.2) is 30.4 Å². The Kier molecular flexibility index (Phi) is 7.59. The van der Waals surface area contributed by atoms with Gasteiger partial charge in [0.2, 0.25) is 5.91 Å². The Labute approximate surface area is 169 Å². The summed E-state index contributed by atoms with van der Waals surface area (Å²) in [6, 6.07) is 11.7. The first-order valence-corrected chi connectivity index (χ1v) is 9.18. The first-order valence-electron chi connectivity index (χ1n) is 9.18. The molecule has 2 aromatic rings. The lowest BCUT2D eigenvalue weighted by Gasteiger charge is -2.16. The van der Waals surface area contributed by atoms with E-state index in [1.807, 2.05) is 13.8 Å². The minimum atomic E-state index is -0.832. The van der Waals surface area contributed by atoms with Gasteiger partial charge < -0.3 is 14.8 Å². The molecule has 0 heterocycles. The molecule has 1 atom stereocenters. The molecule has 0 aliphatic carbocycles. The summed E-state index contributed by atoms with van der Waals surface area (Å²) in [6.07, 6.45) is -0.832. The Hall–Kier alpha value is -3.55. The highest BCUT2D eigenvalue weighted by atomic mass is 16.5. The van der Waals surface area contributed by atoms with Crippen molar-refractivity contribution in [2.24, 2.45) is 0 Å². The van der Waals surface area contributed by atoms with Crippen molar-refractivity contribution in [3.63, 3.8) is 0 Å². The fraction of sp³-hybridized carbons (Fsp3) is 0.286. The van der Waals surface area contributed by atoms with E-state index in [2.05, 4.69) is 16.2 Å². The maximum absolute atomic E-state index is 12.3. The number of hydrazine groups is 1. The number of hydrogen-bond donors (Lipinski definition) is 3. The molecule has 0 aromatic heterocycles. The Morgan fingerprint density at radius 2 is 1.66 bits per heavy atom. The molecule has 8 nitrogen and oxygen atoms in total. The van der Waals surface area contributed by atoms with Gasteiger partial charge in [-0.15, -0.1) is 0 Å². The number of carbonyl (C=O) groups is 3. The average Bonchev–Trinajstić information content (AvgIpc) is 2.68. The van der Waals surface area contributed by atoms with Gasteiger partial charge in [0.25, 0.3) is 11.8 Å². The van der Waals surface area contributed by atoms with E-state index in [1.54, 1.807) is 43.3 Å². The quantitative estimate of drug-likeness (QED) is 0.621. The summed E-state index contributed by atoms with van der Waals surface area (Å²) in [5, 5.41) is 2.66. The van der Waals surface area contributed by atoms with Gasteiger partial charge in [-0.1, -0.05) is 6.07 Å². The van der Waals surface area contributed by atoms with E-state index in [4.69, 9.17) is 9.47 Å². The predicted octanol–water partition coefficient (Wildman–Crippen LogP) is 2.58. The fourth-order valence-electron chi connectivity index (χ4n) is 2.42. The van der Waals surface area contributed by atoms with E-state index in [-0.39, 0.29) is 5.91 Å². The lowest BCUT2D eigenvalue weighted by molar-refractivity contribution is -0.128. The van der Waals surface area contributed by atoms with Gasteiger partial charge in [0, 0.05) is 18.2 Å². The van der Waals surface area contributed by atoms with Crippen molar-refractivity contribution in [1.29, 1.82) is 0 Å². The number of aryl methyl sites for hydroxylation is 1. The zero-order valence-corrected chi connectivity index (χ0v) is 16.9. The van der Waals surface area contributed by atoms with Crippen molar-refractivity contribution in [2.75, 3.05) is 11.9 Å². The number of rotatable bonds is 7. The SMILES string of the molecule is CCOc1ccc(OC(C)C(=O)NNC(=O)c2ccc(C)c(NC(C)=O)c2)cc1. The molecule has 2 aromatic carbocycles.